The molecule has 0 spiro atoms. The van der Waals surface area contributed by atoms with Crippen LogP contribution in [0.1, 0.15) is 13.3 Å². The molecule has 0 heterocycles. The number of hydrogen-bond acceptors (Lipinski definition) is 4. The molecule has 1 unspecified atom stereocenters. The van der Waals surface area contributed by atoms with Crippen LogP contribution < -0.4 is 10.1 Å². The number of carboxylic acids is 1. The Bertz CT molecular complexity index is 553. The number of anilines is 1. The highest BCUT2D eigenvalue weighted by Gasteiger charge is 2.25. The minimum atomic E-state index is -1.13. The molecule has 1 atom stereocenters. The van der Waals surface area contributed by atoms with E-state index in [1.807, 2.05) is 6.07 Å². The Balaban J connectivity index is 2.84. The van der Waals surface area contributed by atoms with Crippen molar-refractivity contribution < 1.29 is 19.4 Å². The van der Waals surface area contributed by atoms with Gasteiger partial charge in [0.1, 0.15) is 11.8 Å². The molecular formula is C14H17N3O4. The fourth-order valence-electron chi connectivity index (χ4n) is 1.67. The first kappa shape index (κ1) is 16.3. The standard InChI is InChI=1S/C14H17N3O4/c1-10(13(18)19)17(8-4-7-15)14(20)16-11-5-3-6-12(9-11)21-2/h3,5-6,9-10H,4,8H2,1-2H3,(H,16,20)(H,18,19). The number of benzene rings is 1. The van der Waals surface area contributed by atoms with Crippen LogP contribution in [0.4, 0.5) is 10.5 Å². The van der Waals surface area contributed by atoms with Gasteiger partial charge in [-0.15, -0.1) is 0 Å². The monoisotopic (exact) mass is 291 g/mol. The van der Waals surface area contributed by atoms with Crippen molar-refractivity contribution >= 4 is 17.7 Å². The van der Waals surface area contributed by atoms with Crippen molar-refractivity contribution in [3.8, 4) is 11.8 Å². The van der Waals surface area contributed by atoms with E-state index in [2.05, 4.69) is 5.32 Å². The number of rotatable bonds is 6. The van der Waals surface area contributed by atoms with E-state index >= 15 is 0 Å². The highest BCUT2D eigenvalue weighted by Crippen LogP contribution is 2.17. The molecular weight excluding hydrogens is 274 g/mol. The average molecular weight is 291 g/mol. The molecule has 0 saturated heterocycles. The first-order chi connectivity index (χ1) is 9.99. The Morgan fingerprint density at radius 1 is 1.52 bits per heavy atom. The smallest absolute Gasteiger partial charge is 0.326 e. The van der Waals surface area contributed by atoms with Crippen LogP contribution in [-0.4, -0.2) is 41.7 Å². The molecule has 112 valence electrons. The summed E-state index contributed by atoms with van der Waals surface area (Å²) in [6.07, 6.45) is 0.0587. The molecule has 0 aliphatic heterocycles. The van der Waals surface area contributed by atoms with Crippen molar-refractivity contribution in [2.24, 2.45) is 0 Å². The van der Waals surface area contributed by atoms with Crippen molar-refractivity contribution in [1.29, 1.82) is 5.26 Å². The fourth-order valence-corrected chi connectivity index (χ4v) is 1.67. The molecule has 0 aliphatic carbocycles. The van der Waals surface area contributed by atoms with Crippen molar-refractivity contribution in [1.82, 2.24) is 4.90 Å². The minimum absolute atomic E-state index is 0.0414. The van der Waals surface area contributed by atoms with E-state index in [4.69, 9.17) is 15.1 Å². The molecule has 7 heteroatoms. The zero-order valence-electron chi connectivity index (χ0n) is 11.9. The normalized spacial score (nSPS) is 11.1. The third kappa shape index (κ3) is 4.69. The molecule has 0 aromatic heterocycles. The second-order valence-corrected chi connectivity index (χ2v) is 4.28. The summed E-state index contributed by atoms with van der Waals surface area (Å²) in [6, 6.07) is 7.00. The van der Waals surface area contributed by atoms with Crippen molar-refractivity contribution in [3.63, 3.8) is 0 Å². The summed E-state index contributed by atoms with van der Waals surface area (Å²) >= 11 is 0. The molecule has 2 N–H and O–H groups in total. The van der Waals surface area contributed by atoms with E-state index < -0.39 is 18.0 Å². The molecule has 0 saturated carbocycles. The third-order valence-corrected chi connectivity index (χ3v) is 2.87. The molecule has 21 heavy (non-hydrogen) atoms. The largest absolute Gasteiger partial charge is 0.497 e. The molecule has 2 amide bonds. The Hall–Kier alpha value is -2.75. The highest BCUT2D eigenvalue weighted by atomic mass is 16.5. The highest BCUT2D eigenvalue weighted by molar-refractivity contribution is 5.92. The topological polar surface area (TPSA) is 103 Å². The maximum Gasteiger partial charge on any atom is 0.326 e. The van der Waals surface area contributed by atoms with Crippen LogP contribution in [0.15, 0.2) is 24.3 Å². The number of carbonyl (C=O) groups is 2. The van der Waals surface area contributed by atoms with Gasteiger partial charge in [0.2, 0.25) is 0 Å². The summed E-state index contributed by atoms with van der Waals surface area (Å²) in [7, 11) is 1.51. The lowest BCUT2D eigenvalue weighted by Crippen LogP contribution is -2.45. The van der Waals surface area contributed by atoms with E-state index in [0.717, 1.165) is 4.90 Å². The average Bonchev–Trinajstić information content (AvgIpc) is 2.47. The molecule has 0 radical (unpaired) electrons. The number of carbonyl (C=O) groups excluding carboxylic acids is 1. The number of hydrogen-bond donors (Lipinski definition) is 2. The number of amides is 2. The van der Waals surface area contributed by atoms with Crippen LogP contribution >= 0.6 is 0 Å². The van der Waals surface area contributed by atoms with E-state index in [1.54, 1.807) is 24.3 Å². The van der Waals surface area contributed by atoms with Crippen LogP contribution in [0.3, 0.4) is 0 Å². The molecule has 1 aromatic carbocycles. The van der Waals surface area contributed by atoms with Gasteiger partial charge in [-0.05, 0) is 19.1 Å². The van der Waals surface area contributed by atoms with Gasteiger partial charge in [0.25, 0.3) is 0 Å². The summed E-state index contributed by atoms with van der Waals surface area (Å²) < 4.78 is 5.05. The lowest BCUT2D eigenvalue weighted by atomic mass is 10.2. The number of aliphatic carboxylic acids is 1. The summed E-state index contributed by atoms with van der Waals surface area (Å²) in [5.41, 5.74) is 0.485. The van der Waals surface area contributed by atoms with Gasteiger partial charge in [0.05, 0.1) is 19.6 Å². The van der Waals surface area contributed by atoms with Gasteiger partial charge in [0, 0.05) is 18.3 Å². The quantitative estimate of drug-likeness (QED) is 0.833. The van der Waals surface area contributed by atoms with Gasteiger partial charge in [-0.25, -0.2) is 9.59 Å². The zero-order chi connectivity index (χ0) is 15.8. The van der Waals surface area contributed by atoms with Crippen molar-refractivity contribution in [3.05, 3.63) is 24.3 Å². The van der Waals surface area contributed by atoms with E-state index in [9.17, 15) is 9.59 Å². The van der Waals surface area contributed by atoms with Gasteiger partial charge in [-0.1, -0.05) is 6.07 Å². The van der Waals surface area contributed by atoms with E-state index in [-0.39, 0.29) is 13.0 Å². The van der Waals surface area contributed by atoms with Crippen LogP contribution in [-0.2, 0) is 4.79 Å². The molecule has 1 rings (SSSR count). The number of methoxy groups -OCH3 is 1. The van der Waals surface area contributed by atoms with Crippen LogP contribution in [0.5, 0.6) is 5.75 Å². The van der Waals surface area contributed by atoms with Gasteiger partial charge in [0.15, 0.2) is 0 Å². The maximum absolute atomic E-state index is 12.2. The molecule has 0 aliphatic rings. The van der Waals surface area contributed by atoms with E-state index in [1.165, 1.54) is 14.0 Å². The number of nitriles is 1. The summed E-state index contributed by atoms with van der Waals surface area (Å²) in [4.78, 5) is 24.3. The van der Waals surface area contributed by atoms with E-state index in [0.29, 0.717) is 11.4 Å². The lowest BCUT2D eigenvalue weighted by Gasteiger charge is -2.25. The van der Waals surface area contributed by atoms with Gasteiger partial charge >= 0.3 is 12.0 Å². The maximum atomic E-state index is 12.2. The van der Waals surface area contributed by atoms with Crippen molar-refractivity contribution in [2.75, 3.05) is 19.0 Å². The summed E-state index contributed by atoms with van der Waals surface area (Å²) in [5, 5.41) is 20.2. The molecule has 7 nitrogen and oxygen atoms in total. The van der Waals surface area contributed by atoms with Gasteiger partial charge in [-0.3, -0.25) is 0 Å². The lowest BCUT2D eigenvalue weighted by molar-refractivity contribution is -0.141. The van der Waals surface area contributed by atoms with Crippen molar-refractivity contribution in [2.45, 2.75) is 19.4 Å². The SMILES string of the molecule is COc1cccc(NC(=O)N(CCC#N)C(C)C(=O)O)c1. The predicted octanol–water partition coefficient (Wildman–Crippen LogP) is 1.92. The van der Waals surface area contributed by atoms with Gasteiger partial charge < -0.3 is 20.1 Å². The number of carboxylic acid groups (broad SMARTS) is 1. The number of nitrogens with one attached hydrogen (secondary N) is 1. The van der Waals surface area contributed by atoms with Crippen LogP contribution in [0.25, 0.3) is 0 Å². The minimum Gasteiger partial charge on any atom is -0.497 e. The molecule has 0 fully saturated rings. The fraction of sp³-hybridized carbons (Fsp3) is 0.357. The first-order valence-electron chi connectivity index (χ1n) is 6.31. The second kappa shape index (κ2) is 7.75. The summed E-state index contributed by atoms with van der Waals surface area (Å²) in [6.45, 7) is 1.44. The second-order valence-electron chi connectivity index (χ2n) is 4.28. The molecule has 1 aromatic rings. The van der Waals surface area contributed by atoms with Gasteiger partial charge in [-0.2, -0.15) is 5.26 Å². The summed E-state index contributed by atoms with van der Waals surface area (Å²) in [5.74, 6) is -0.559. The third-order valence-electron chi connectivity index (χ3n) is 2.87. The number of ether oxygens (including phenoxy) is 1. The van der Waals surface area contributed by atoms with Crippen LogP contribution in [0.2, 0.25) is 0 Å². The first-order valence-corrected chi connectivity index (χ1v) is 6.31. The Morgan fingerprint density at radius 3 is 2.81 bits per heavy atom. The van der Waals surface area contributed by atoms with Crippen LogP contribution in [0, 0.1) is 11.3 Å². The zero-order valence-corrected chi connectivity index (χ0v) is 11.9. The molecule has 0 bridgehead atoms. The number of nitrogens with zero attached hydrogens (tertiary/aromatic N) is 2. The predicted molar refractivity (Wildman–Crippen MR) is 76.0 cm³/mol. The Labute approximate surface area is 122 Å². The number of urea groups is 1. The Kier molecular flexibility index (Phi) is 6.01. The Morgan fingerprint density at radius 2 is 2.24 bits per heavy atom.